The van der Waals surface area contributed by atoms with Gasteiger partial charge < -0.3 is 14.8 Å². The van der Waals surface area contributed by atoms with Gasteiger partial charge in [-0.05, 0) is 28.1 Å². The third-order valence-corrected chi connectivity index (χ3v) is 3.28. The minimum absolute atomic E-state index is 0.268. The van der Waals surface area contributed by atoms with Crippen molar-refractivity contribution < 1.29 is 9.47 Å². The number of aromatic nitrogens is 2. The zero-order valence-electron chi connectivity index (χ0n) is 11.2. The summed E-state index contributed by atoms with van der Waals surface area (Å²) >= 11 is 3.41. The minimum atomic E-state index is 0.268. The molecule has 5 nitrogen and oxygen atoms in total. The van der Waals surface area contributed by atoms with E-state index in [2.05, 4.69) is 45.1 Å². The van der Waals surface area contributed by atoms with Crippen molar-refractivity contribution in [3.63, 3.8) is 0 Å². The Bertz CT molecular complexity index is 646. The summed E-state index contributed by atoms with van der Waals surface area (Å²) in [6, 6.07) is 7.55. The van der Waals surface area contributed by atoms with Crippen molar-refractivity contribution in [1.29, 1.82) is 0 Å². The van der Waals surface area contributed by atoms with Crippen LogP contribution in [0.3, 0.4) is 0 Å². The first-order valence-electron chi connectivity index (χ1n) is 6.33. The van der Waals surface area contributed by atoms with Gasteiger partial charge in [0.2, 0.25) is 6.79 Å². The van der Waals surface area contributed by atoms with Crippen LogP contribution in [0.25, 0.3) is 0 Å². The average molecular weight is 336 g/mol. The van der Waals surface area contributed by atoms with Crippen LogP contribution >= 0.6 is 15.9 Å². The largest absolute Gasteiger partial charge is 0.454 e. The molecular weight excluding hydrogens is 322 g/mol. The molecule has 2 heterocycles. The fourth-order valence-corrected chi connectivity index (χ4v) is 2.28. The maximum absolute atomic E-state index is 5.36. The van der Waals surface area contributed by atoms with Crippen LogP contribution in [0.4, 0.5) is 11.5 Å². The molecule has 1 N–H and O–H groups in total. The Morgan fingerprint density at radius 1 is 1.15 bits per heavy atom. The number of benzene rings is 1. The van der Waals surface area contributed by atoms with Crippen LogP contribution in [0.1, 0.15) is 25.6 Å². The fourth-order valence-electron chi connectivity index (χ4n) is 1.88. The second-order valence-corrected chi connectivity index (χ2v) is 5.59. The van der Waals surface area contributed by atoms with Gasteiger partial charge in [0.25, 0.3) is 0 Å². The lowest BCUT2D eigenvalue weighted by molar-refractivity contribution is 0.174. The Hall–Kier alpha value is -1.82. The van der Waals surface area contributed by atoms with Gasteiger partial charge in [-0.1, -0.05) is 13.8 Å². The molecule has 0 saturated heterocycles. The number of hydrogen-bond donors (Lipinski definition) is 1. The summed E-state index contributed by atoms with van der Waals surface area (Å²) < 4.78 is 11.4. The summed E-state index contributed by atoms with van der Waals surface area (Å²) in [6.45, 7) is 4.40. The van der Waals surface area contributed by atoms with Crippen LogP contribution in [-0.4, -0.2) is 16.8 Å². The molecule has 0 fully saturated rings. The Kier molecular flexibility index (Phi) is 3.48. The van der Waals surface area contributed by atoms with Gasteiger partial charge in [-0.3, -0.25) is 0 Å². The Morgan fingerprint density at radius 3 is 2.75 bits per heavy atom. The summed E-state index contributed by atoms with van der Waals surface area (Å²) in [7, 11) is 0. The van der Waals surface area contributed by atoms with E-state index >= 15 is 0 Å². The van der Waals surface area contributed by atoms with Crippen molar-refractivity contribution in [3.05, 3.63) is 34.7 Å². The van der Waals surface area contributed by atoms with Gasteiger partial charge in [-0.2, -0.15) is 0 Å². The third-order valence-electron chi connectivity index (χ3n) is 2.87. The van der Waals surface area contributed by atoms with Crippen molar-refractivity contribution in [2.24, 2.45) is 0 Å². The first-order valence-corrected chi connectivity index (χ1v) is 7.12. The molecule has 0 aliphatic carbocycles. The van der Waals surface area contributed by atoms with E-state index < -0.39 is 0 Å². The Balaban J connectivity index is 1.87. The predicted molar refractivity (Wildman–Crippen MR) is 79.7 cm³/mol. The van der Waals surface area contributed by atoms with Crippen molar-refractivity contribution in [3.8, 4) is 11.5 Å². The monoisotopic (exact) mass is 335 g/mol. The second-order valence-electron chi connectivity index (χ2n) is 4.78. The lowest BCUT2D eigenvalue weighted by atomic mass is 10.2. The molecule has 1 aliphatic rings. The minimum Gasteiger partial charge on any atom is -0.454 e. The summed E-state index contributed by atoms with van der Waals surface area (Å²) in [5.74, 6) is 3.32. The highest BCUT2D eigenvalue weighted by atomic mass is 79.9. The molecule has 104 valence electrons. The predicted octanol–water partition coefficient (Wildman–Crippen LogP) is 3.83. The smallest absolute Gasteiger partial charge is 0.231 e. The second kappa shape index (κ2) is 5.28. The van der Waals surface area contributed by atoms with E-state index in [0.29, 0.717) is 0 Å². The number of halogens is 1. The van der Waals surface area contributed by atoms with Crippen LogP contribution in [0, 0.1) is 0 Å². The van der Waals surface area contributed by atoms with Crippen molar-refractivity contribution >= 4 is 27.4 Å². The standard InChI is InChI=1S/C14H14BrN3O2/c1-8(2)14-17-12(15)6-13(18-14)16-9-3-4-10-11(5-9)20-7-19-10/h3-6,8H,7H2,1-2H3,(H,16,17,18). The molecule has 0 atom stereocenters. The molecule has 1 aromatic carbocycles. The molecule has 1 aliphatic heterocycles. The maximum atomic E-state index is 5.36. The van der Waals surface area contributed by atoms with Crippen LogP contribution < -0.4 is 14.8 Å². The van der Waals surface area contributed by atoms with Gasteiger partial charge in [0.15, 0.2) is 11.5 Å². The fraction of sp³-hybridized carbons (Fsp3) is 0.286. The highest BCUT2D eigenvalue weighted by Gasteiger charge is 2.14. The lowest BCUT2D eigenvalue weighted by Gasteiger charge is -2.10. The summed E-state index contributed by atoms with van der Waals surface area (Å²) in [6.07, 6.45) is 0. The number of hydrogen-bond acceptors (Lipinski definition) is 5. The first-order chi connectivity index (χ1) is 9.61. The van der Waals surface area contributed by atoms with Crippen molar-refractivity contribution in [1.82, 2.24) is 9.97 Å². The number of rotatable bonds is 3. The van der Waals surface area contributed by atoms with Crippen molar-refractivity contribution in [2.45, 2.75) is 19.8 Å². The van der Waals surface area contributed by atoms with Crippen molar-refractivity contribution in [2.75, 3.05) is 12.1 Å². The summed E-state index contributed by atoms with van der Waals surface area (Å²) in [4.78, 5) is 8.85. The first kappa shape index (κ1) is 13.2. The molecule has 1 aromatic heterocycles. The number of nitrogens with zero attached hydrogens (tertiary/aromatic N) is 2. The van der Waals surface area contributed by atoms with E-state index in [0.717, 1.165) is 33.4 Å². The quantitative estimate of drug-likeness (QED) is 0.863. The zero-order chi connectivity index (χ0) is 14.1. The number of anilines is 2. The van der Waals surface area contributed by atoms with Crippen LogP contribution in [0.5, 0.6) is 11.5 Å². The molecule has 3 rings (SSSR count). The van der Waals surface area contributed by atoms with Gasteiger partial charge in [-0.25, -0.2) is 9.97 Å². The van der Waals surface area contributed by atoms with Gasteiger partial charge in [0, 0.05) is 23.7 Å². The van der Waals surface area contributed by atoms with Gasteiger partial charge in [-0.15, -0.1) is 0 Å². The Morgan fingerprint density at radius 2 is 1.95 bits per heavy atom. The lowest BCUT2D eigenvalue weighted by Crippen LogP contribution is -2.02. The number of ether oxygens (including phenoxy) is 2. The zero-order valence-corrected chi connectivity index (χ0v) is 12.8. The van der Waals surface area contributed by atoms with E-state index in [4.69, 9.17) is 9.47 Å². The number of nitrogens with one attached hydrogen (secondary N) is 1. The van der Waals surface area contributed by atoms with E-state index in [1.54, 1.807) is 0 Å². The van der Waals surface area contributed by atoms with Gasteiger partial charge in [0.1, 0.15) is 16.2 Å². The SMILES string of the molecule is CC(C)c1nc(Br)cc(Nc2ccc3c(c2)OCO3)n1. The average Bonchev–Trinajstić information content (AvgIpc) is 2.85. The third kappa shape index (κ3) is 2.70. The molecule has 0 radical (unpaired) electrons. The van der Waals surface area contributed by atoms with Crippen LogP contribution in [-0.2, 0) is 0 Å². The van der Waals surface area contributed by atoms with Crippen LogP contribution in [0.2, 0.25) is 0 Å². The molecule has 20 heavy (non-hydrogen) atoms. The molecule has 0 spiro atoms. The van der Waals surface area contributed by atoms with Crippen LogP contribution in [0.15, 0.2) is 28.9 Å². The molecule has 0 bridgehead atoms. The molecule has 2 aromatic rings. The molecule has 0 saturated carbocycles. The topological polar surface area (TPSA) is 56.3 Å². The van der Waals surface area contributed by atoms with Gasteiger partial charge in [0.05, 0.1) is 0 Å². The Labute approximate surface area is 125 Å². The van der Waals surface area contributed by atoms with E-state index in [1.807, 2.05) is 24.3 Å². The van der Waals surface area contributed by atoms with E-state index in [1.165, 1.54) is 0 Å². The molecule has 0 unspecified atom stereocenters. The number of fused-ring (bicyclic) bond motifs is 1. The maximum Gasteiger partial charge on any atom is 0.231 e. The molecule has 0 amide bonds. The summed E-state index contributed by atoms with van der Waals surface area (Å²) in [5.41, 5.74) is 0.898. The van der Waals surface area contributed by atoms with E-state index in [9.17, 15) is 0 Å². The normalized spacial score (nSPS) is 12.8. The highest BCUT2D eigenvalue weighted by molar-refractivity contribution is 9.10. The van der Waals surface area contributed by atoms with E-state index in [-0.39, 0.29) is 12.7 Å². The highest BCUT2D eigenvalue weighted by Crippen LogP contribution is 2.35. The molecule has 6 heteroatoms. The summed E-state index contributed by atoms with van der Waals surface area (Å²) in [5, 5.41) is 3.25. The van der Waals surface area contributed by atoms with Gasteiger partial charge >= 0.3 is 0 Å². The molecular formula is C14H14BrN3O2.